The van der Waals surface area contributed by atoms with Crippen LogP contribution in [0.4, 0.5) is 21.9 Å². The Morgan fingerprint density at radius 1 is 0.844 bits per heavy atom. The molecule has 3 aromatic carbocycles. The molecule has 2 N–H and O–H groups in total. The van der Waals surface area contributed by atoms with Gasteiger partial charge in [-0.15, -0.1) is 0 Å². The lowest BCUT2D eigenvalue weighted by Crippen LogP contribution is -2.35. The molecular weight excluding hydrogens is 406 g/mol. The van der Waals surface area contributed by atoms with Gasteiger partial charge < -0.3 is 25.0 Å². The number of amides is 3. The average Bonchev–Trinajstić information content (AvgIpc) is 2.83. The number of fused-ring (bicyclic) bond motifs is 1. The zero-order chi connectivity index (χ0) is 22.5. The summed E-state index contributed by atoms with van der Waals surface area (Å²) in [5.41, 5.74) is 3.78. The summed E-state index contributed by atoms with van der Waals surface area (Å²) in [6, 6.07) is 19.7. The van der Waals surface area contributed by atoms with Gasteiger partial charge in [-0.05, 0) is 48.7 Å². The maximum atomic E-state index is 13.0. The SMILES string of the molecule is COc1cc(NC(=O)Nc2ccc3c(c2)CCCN3C(=O)c2ccccc2)cc(OC)c1. The largest absolute Gasteiger partial charge is 0.497 e. The molecule has 0 fully saturated rings. The number of nitrogens with zero attached hydrogens (tertiary/aromatic N) is 1. The second-order valence-electron chi connectivity index (χ2n) is 7.45. The quantitative estimate of drug-likeness (QED) is 0.600. The van der Waals surface area contributed by atoms with Crippen molar-refractivity contribution in [2.45, 2.75) is 12.8 Å². The van der Waals surface area contributed by atoms with E-state index in [1.54, 1.807) is 43.4 Å². The summed E-state index contributed by atoms with van der Waals surface area (Å²) in [6.07, 6.45) is 1.71. The summed E-state index contributed by atoms with van der Waals surface area (Å²) in [6.45, 7) is 0.672. The zero-order valence-corrected chi connectivity index (χ0v) is 18.1. The van der Waals surface area contributed by atoms with Crippen LogP contribution in [0.1, 0.15) is 22.3 Å². The second-order valence-corrected chi connectivity index (χ2v) is 7.45. The van der Waals surface area contributed by atoms with Crippen molar-refractivity contribution in [1.29, 1.82) is 0 Å². The molecule has 32 heavy (non-hydrogen) atoms. The van der Waals surface area contributed by atoms with Gasteiger partial charge in [-0.1, -0.05) is 18.2 Å². The minimum Gasteiger partial charge on any atom is -0.497 e. The molecule has 0 atom stereocenters. The maximum absolute atomic E-state index is 13.0. The average molecular weight is 431 g/mol. The van der Waals surface area contributed by atoms with Crippen LogP contribution in [-0.4, -0.2) is 32.7 Å². The molecular formula is C25H25N3O4. The fourth-order valence-electron chi connectivity index (χ4n) is 3.80. The number of hydrogen-bond acceptors (Lipinski definition) is 4. The third-order valence-corrected chi connectivity index (χ3v) is 5.33. The third kappa shape index (κ3) is 4.67. The van der Waals surface area contributed by atoms with Crippen molar-refractivity contribution in [3.63, 3.8) is 0 Å². The number of carbonyl (C=O) groups is 2. The molecule has 164 valence electrons. The normalized spacial score (nSPS) is 12.5. The highest BCUT2D eigenvalue weighted by Crippen LogP contribution is 2.31. The predicted octanol–water partition coefficient (Wildman–Crippen LogP) is 4.94. The van der Waals surface area contributed by atoms with Crippen molar-refractivity contribution in [2.24, 2.45) is 0 Å². The molecule has 4 rings (SSSR count). The van der Waals surface area contributed by atoms with Gasteiger partial charge in [0, 0.05) is 47.4 Å². The Labute approximate surface area is 187 Å². The molecule has 0 radical (unpaired) electrons. The van der Waals surface area contributed by atoms with Crippen LogP contribution in [0.15, 0.2) is 66.7 Å². The van der Waals surface area contributed by atoms with Crippen LogP contribution in [0.25, 0.3) is 0 Å². The van der Waals surface area contributed by atoms with Gasteiger partial charge in [0.2, 0.25) is 0 Å². The Balaban J connectivity index is 1.48. The summed E-state index contributed by atoms with van der Waals surface area (Å²) in [4.78, 5) is 27.3. The first-order valence-corrected chi connectivity index (χ1v) is 10.4. The smallest absolute Gasteiger partial charge is 0.323 e. The van der Waals surface area contributed by atoms with Gasteiger partial charge in [-0.25, -0.2) is 4.79 Å². The van der Waals surface area contributed by atoms with E-state index in [4.69, 9.17) is 9.47 Å². The second kappa shape index (κ2) is 9.43. The minimum absolute atomic E-state index is 0.0167. The molecule has 0 saturated carbocycles. The van der Waals surface area contributed by atoms with Gasteiger partial charge in [0.25, 0.3) is 5.91 Å². The van der Waals surface area contributed by atoms with E-state index in [2.05, 4.69) is 10.6 Å². The summed E-state index contributed by atoms with van der Waals surface area (Å²) < 4.78 is 10.5. The number of benzene rings is 3. The standard InChI is InChI=1S/C25H25N3O4/c1-31-21-14-20(15-22(16-21)32-2)27-25(30)26-19-10-11-23-18(13-19)9-6-12-28(23)24(29)17-7-4-3-5-8-17/h3-5,7-8,10-11,13-16H,6,9,12H2,1-2H3,(H2,26,27,30). The Bertz CT molecular complexity index is 1110. The van der Waals surface area contributed by atoms with E-state index in [1.165, 1.54) is 0 Å². The van der Waals surface area contributed by atoms with Gasteiger partial charge in [-0.2, -0.15) is 0 Å². The Hall–Kier alpha value is -4.00. The highest BCUT2D eigenvalue weighted by molar-refractivity contribution is 6.07. The van der Waals surface area contributed by atoms with Crippen LogP contribution in [0.2, 0.25) is 0 Å². The van der Waals surface area contributed by atoms with Crippen molar-refractivity contribution >= 4 is 29.0 Å². The molecule has 7 heteroatoms. The molecule has 1 heterocycles. The lowest BCUT2D eigenvalue weighted by atomic mass is 10.00. The summed E-state index contributed by atoms with van der Waals surface area (Å²) in [5.74, 6) is 1.14. The molecule has 7 nitrogen and oxygen atoms in total. The fraction of sp³-hybridized carbons (Fsp3) is 0.200. The van der Waals surface area contributed by atoms with E-state index >= 15 is 0 Å². The van der Waals surface area contributed by atoms with Crippen LogP contribution in [-0.2, 0) is 6.42 Å². The third-order valence-electron chi connectivity index (χ3n) is 5.33. The molecule has 3 aromatic rings. The maximum Gasteiger partial charge on any atom is 0.323 e. The number of nitrogens with one attached hydrogen (secondary N) is 2. The van der Waals surface area contributed by atoms with Gasteiger partial charge in [0.05, 0.1) is 14.2 Å². The number of hydrogen-bond donors (Lipinski definition) is 2. The Kier molecular flexibility index (Phi) is 6.26. The van der Waals surface area contributed by atoms with E-state index in [1.807, 2.05) is 42.5 Å². The van der Waals surface area contributed by atoms with Crippen molar-refractivity contribution in [3.8, 4) is 11.5 Å². The summed E-state index contributed by atoms with van der Waals surface area (Å²) in [7, 11) is 3.11. The number of ether oxygens (including phenoxy) is 2. The summed E-state index contributed by atoms with van der Waals surface area (Å²) in [5, 5.41) is 5.65. The van der Waals surface area contributed by atoms with E-state index < -0.39 is 0 Å². The number of aryl methyl sites for hydroxylation is 1. The molecule has 0 aliphatic carbocycles. The highest BCUT2D eigenvalue weighted by Gasteiger charge is 2.23. The van der Waals surface area contributed by atoms with E-state index in [0.29, 0.717) is 35.0 Å². The van der Waals surface area contributed by atoms with Crippen molar-refractivity contribution in [2.75, 3.05) is 36.3 Å². The molecule has 0 aromatic heterocycles. The van der Waals surface area contributed by atoms with Crippen molar-refractivity contribution in [3.05, 3.63) is 77.9 Å². The van der Waals surface area contributed by atoms with Crippen molar-refractivity contribution < 1.29 is 19.1 Å². The first kappa shape index (κ1) is 21.2. The number of anilines is 3. The molecule has 0 unspecified atom stereocenters. The van der Waals surface area contributed by atoms with E-state index in [9.17, 15) is 9.59 Å². The molecule has 0 spiro atoms. The molecule has 1 aliphatic heterocycles. The highest BCUT2D eigenvalue weighted by atomic mass is 16.5. The molecule has 0 saturated heterocycles. The first-order valence-electron chi connectivity index (χ1n) is 10.4. The van der Waals surface area contributed by atoms with Gasteiger partial charge in [-0.3, -0.25) is 4.79 Å². The number of carbonyl (C=O) groups excluding carboxylic acids is 2. The zero-order valence-electron chi connectivity index (χ0n) is 18.1. The number of urea groups is 1. The van der Waals surface area contributed by atoms with Crippen LogP contribution in [0.5, 0.6) is 11.5 Å². The van der Waals surface area contributed by atoms with Crippen LogP contribution in [0.3, 0.4) is 0 Å². The Morgan fingerprint density at radius 2 is 1.53 bits per heavy atom. The van der Waals surface area contributed by atoms with Crippen molar-refractivity contribution in [1.82, 2.24) is 0 Å². The van der Waals surface area contributed by atoms with Gasteiger partial charge >= 0.3 is 6.03 Å². The molecule has 3 amide bonds. The first-order chi connectivity index (χ1) is 15.6. The van der Waals surface area contributed by atoms with Crippen LogP contribution in [0, 0.1) is 0 Å². The molecule has 1 aliphatic rings. The lowest BCUT2D eigenvalue weighted by Gasteiger charge is -2.30. The monoisotopic (exact) mass is 431 g/mol. The Morgan fingerprint density at radius 3 is 2.22 bits per heavy atom. The minimum atomic E-state index is -0.381. The molecule has 0 bridgehead atoms. The van der Waals surface area contributed by atoms with E-state index in [-0.39, 0.29) is 11.9 Å². The van der Waals surface area contributed by atoms with Gasteiger partial charge in [0.1, 0.15) is 11.5 Å². The van der Waals surface area contributed by atoms with E-state index in [0.717, 1.165) is 24.1 Å². The van der Waals surface area contributed by atoms with Gasteiger partial charge in [0.15, 0.2) is 0 Å². The topological polar surface area (TPSA) is 79.9 Å². The number of methoxy groups -OCH3 is 2. The summed E-state index contributed by atoms with van der Waals surface area (Å²) >= 11 is 0. The lowest BCUT2D eigenvalue weighted by molar-refractivity contribution is 0.0985. The predicted molar refractivity (Wildman–Crippen MR) is 125 cm³/mol. The van der Waals surface area contributed by atoms with Crippen LogP contribution < -0.4 is 25.0 Å². The van der Waals surface area contributed by atoms with Crippen LogP contribution >= 0.6 is 0 Å². The fourth-order valence-corrected chi connectivity index (χ4v) is 3.80. The number of rotatable bonds is 5.